The van der Waals surface area contributed by atoms with Crippen molar-refractivity contribution in [3.63, 3.8) is 0 Å². The van der Waals surface area contributed by atoms with E-state index >= 15 is 0 Å². The zero-order chi connectivity index (χ0) is 37.2. The number of nitrogens with one attached hydrogen (secondary N) is 3. The van der Waals surface area contributed by atoms with Gasteiger partial charge in [0.2, 0.25) is 5.56 Å². The van der Waals surface area contributed by atoms with E-state index in [4.69, 9.17) is 9.15 Å². The predicted octanol–water partition coefficient (Wildman–Crippen LogP) is 5.91. The van der Waals surface area contributed by atoms with Gasteiger partial charge in [-0.25, -0.2) is 9.59 Å². The molecule has 3 fully saturated rings. The number of phenolic OH excluding ortho intramolecular Hbond substituents is 1. The van der Waals surface area contributed by atoms with E-state index in [0.29, 0.717) is 59.6 Å². The van der Waals surface area contributed by atoms with Gasteiger partial charge in [-0.3, -0.25) is 19.6 Å². The minimum atomic E-state index is -0.900. The maximum atomic E-state index is 13.2. The lowest BCUT2D eigenvalue weighted by Crippen LogP contribution is -2.52. The molecule has 0 radical (unpaired) electrons. The lowest BCUT2D eigenvalue weighted by atomic mass is 9.86. The second-order valence-corrected chi connectivity index (χ2v) is 14.3. The molecule has 3 aliphatic heterocycles. The third-order valence-electron chi connectivity index (χ3n) is 10.8. The van der Waals surface area contributed by atoms with E-state index in [2.05, 4.69) is 26.6 Å². The van der Waals surface area contributed by atoms with Crippen LogP contribution in [0.3, 0.4) is 0 Å². The van der Waals surface area contributed by atoms with Crippen LogP contribution in [0.2, 0.25) is 0 Å². The Bertz CT molecular complexity index is 2410. The molecule has 54 heavy (non-hydrogen) atoms. The number of aliphatic hydroxyl groups is 1. The highest BCUT2D eigenvalue weighted by atomic mass is 16.6. The van der Waals surface area contributed by atoms with Crippen LogP contribution in [-0.2, 0) is 24.2 Å². The minimum absolute atomic E-state index is 0.0644. The Hall–Kier alpha value is -5.69. The van der Waals surface area contributed by atoms with Crippen molar-refractivity contribution in [1.82, 2.24) is 19.8 Å². The number of aryl methyl sites for hydroxylation is 2. The molecule has 3 aliphatic rings. The number of ether oxygens (including phenoxy) is 1. The number of hydrogen-bond donors (Lipinski definition) is 5. The fourth-order valence-electron chi connectivity index (χ4n) is 7.92. The summed E-state index contributed by atoms with van der Waals surface area (Å²) >= 11 is 0. The quantitative estimate of drug-likeness (QED) is 0.103. The Kier molecular flexibility index (Phi) is 10.0. The molecule has 1 unspecified atom stereocenters. The van der Waals surface area contributed by atoms with Gasteiger partial charge in [-0.1, -0.05) is 54.6 Å². The van der Waals surface area contributed by atoms with Crippen molar-refractivity contribution in [2.45, 2.75) is 51.0 Å². The number of carbonyl (C=O) groups is 1. The number of benzene rings is 4. The maximum Gasteiger partial charge on any atom is 0.419 e. The Morgan fingerprint density at radius 1 is 0.963 bits per heavy atom. The molecule has 4 aromatic carbocycles. The zero-order valence-corrected chi connectivity index (χ0v) is 29.8. The average molecular weight is 730 g/mol. The van der Waals surface area contributed by atoms with E-state index in [1.165, 1.54) is 12.1 Å². The van der Waals surface area contributed by atoms with Crippen molar-refractivity contribution >= 4 is 33.8 Å². The van der Waals surface area contributed by atoms with Crippen molar-refractivity contribution in [1.29, 1.82) is 0 Å². The second kappa shape index (κ2) is 15.3. The number of aromatic hydroxyl groups is 1. The van der Waals surface area contributed by atoms with Crippen LogP contribution in [0.25, 0.3) is 33.1 Å². The third kappa shape index (κ3) is 7.54. The number of nitrogens with zero attached hydrogens (tertiary/aromatic N) is 2. The highest BCUT2D eigenvalue weighted by Gasteiger charge is 2.36. The van der Waals surface area contributed by atoms with Crippen LogP contribution in [0, 0.1) is 5.92 Å². The number of hydrogen-bond acceptors (Lipinski definition) is 9. The Morgan fingerprint density at radius 3 is 2.57 bits per heavy atom. The summed E-state index contributed by atoms with van der Waals surface area (Å²) in [5.74, 6) is -0.0821. The first-order chi connectivity index (χ1) is 26.3. The number of amides is 1. The molecule has 278 valence electrons. The molecule has 9 rings (SSSR count). The van der Waals surface area contributed by atoms with Crippen LogP contribution in [0.1, 0.15) is 42.1 Å². The van der Waals surface area contributed by atoms with Gasteiger partial charge in [0.15, 0.2) is 5.58 Å². The van der Waals surface area contributed by atoms with Crippen molar-refractivity contribution in [2.24, 2.45) is 5.92 Å². The first-order valence-electron chi connectivity index (χ1n) is 18.5. The molecule has 0 saturated carbocycles. The van der Waals surface area contributed by atoms with Gasteiger partial charge in [-0.15, -0.1) is 0 Å². The van der Waals surface area contributed by atoms with Gasteiger partial charge >= 0.3 is 11.8 Å². The van der Waals surface area contributed by atoms with Crippen LogP contribution in [0.15, 0.2) is 105 Å². The summed E-state index contributed by atoms with van der Waals surface area (Å²) in [6, 6.07) is 27.6. The van der Waals surface area contributed by atoms with E-state index in [9.17, 15) is 24.6 Å². The van der Waals surface area contributed by atoms with Crippen molar-refractivity contribution in [2.75, 3.05) is 31.5 Å². The fourth-order valence-corrected chi connectivity index (χ4v) is 7.92. The van der Waals surface area contributed by atoms with Gasteiger partial charge in [-0.05, 0) is 97.3 Å². The summed E-state index contributed by atoms with van der Waals surface area (Å²) in [5, 5.41) is 28.0. The summed E-state index contributed by atoms with van der Waals surface area (Å²) in [7, 11) is 0. The first-order valence-corrected chi connectivity index (χ1v) is 18.5. The largest absolute Gasteiger partial charge is 0.506 e. The number of aromatic amines is 1. The molecule has 5 heterocycles. The van der Waals surface area contributed by atoms with E-state index in [-0.39, 0.29) is 29.5 Å². The van der Waals surface area contributed by atoms with Crippen molar-refractivity contribution in [3.05, 3.63) is 129 Å². The number of aliphatic hydroxyl groups excluding tert-OH is 1. The minimum Gasteiger partial charge on any atom is -0.506 e. The average Bonchev–Trinajstić information content (AvgIpc) is 3.49. The summed E-state index contributed by atoms with van der Waals surface area (Å²) in [6.07, 6.45) is 2.01. The maximum absolute atomic E-state index is 13.2. The van der Waals surface area contributed by atoms with E-state index in [0.717, 1.165) is 54.7 Å². The van der Waals surface area contributed by atoms with Gasteiger partial charge in [0.05, 0.1) is 22.8 Å². The number of aromatic nitrogens is 2. The monoisotopic (exact) mass is 729 g/mol. The standard InChI is InChI=1S/C42H43N5O7/c48-35-13-11-31(32-12-15-39(50)45-40(32)35)36(49)24-43-23-27-9-14-37-34(22-27)47(42(52)54-37)18-4-5-26-8-10-30(28-6-2-1-3-7-28)33(21-26)44-41(51)53-38-25-46-19-16-29(38)17-20-46/h1-3,6-15,21-22,29,36,38,43,48-49H,4-5,16-20,23-25H2,(H,44,51)(H,45,50)/t36?,38-/m0/s1. The predicted molar refractivity (Wildman–Crippen MR) is 207 cm³/mol. The first kappa shape index (κ1) is 35.3. The van der Waals surface area contributed by atoms with Crippen LogP contribution in [0.4, 0.5) is 10.5 Å². The van der Waals surface area contributed by atoms with Crippen molar-refractivity contribution in [3.8, 4) is 16.9 Å². The number of pyridine rings is 1. The Morgan fingerprint density at radius 2 is 1.78 bits per heavy atom. The number of piperidine rings is 3. The van der Waals surface area contributed by atoms with Crippen LogP contribution in [-0.4, -0.2) is 63.0 Å². The molecule has 12 nitrogen and oxygen atoms in total. The Labute approximate surface area is 311 Å². The summed E-state index contributed by atoms with van der Waals surface area (Å²) in [6.45, 7) is 4.00. The number of anilines is 1. The molecular formula is C42H43N5O7. The highest BCUT2D eigenvalue weighted by Crippen LogP contribution is 2.33. The SMILES string of the molecule is O=C(Nc1cc(CCCn2c(=O)oc3ccc(CNCC(O)c4ccc(O)c5[nH]c(=O)ccc45)cc32)ccc1-c1ccccc1)O[C@H]1CN2CCC1CC2. The fraction of sp³-hybridized carbons (Fsp3) is 0.310. The van der Waals surface area contributed by atoms with Crippen molar-refractivity contribution < 1.29 is 24.2 Å². The van der Waals surface area contributed by atoms with Crippen LogP contribution >= 0.6 is 0 Å². The number of carbonyl (C=O) groups excluding carboxylic acids is 1. The molecule has 1 amide bonds. The Balaban J connectivity index is 0.922. The van der Waals surface area contributed by atoms with Crippen LogP contribution < -0.4 is 21.9 Å². The third-order valence-corrected chi connectivity index (χ3v) is 10.8. The number of oxazole rings is 1. The normalized spacial score (nSPS) is 18.6. The van der Waals surface area contributed by atoms with Gasteiger partial charge in [0, 0.05) is 43.2 Å². The van der Waals surface area contributed by atoms with E-state index in [1.54, 1.807) is 22.8 Å². The van der Waals surface area contributed by atoms with Crippen LogP contribution in [0.5, 0.6) is 5.75 Å². The van der Waals surface area contributed by atoms with Gasteiger partial charge in [0.25, 0.3) is 0 Å². The second-order valence-electron chi connectivity index (χ2n) is 14.3. The molecule has 3 saturated heterocycles. The lowest BCUT2D eigenvalue weighted by Gasteiger charge is -2.43. The van der Waals surface area contributed by atoms with Gasteiger partial charge < -0.3 is 29.7 Å². The zero-order valence-electron chi connectivity index (χ0n) is 29.8. The molecule has 2 bridgehead atoms. The van der Waals surface area contributed by atoms with E-state index < -0.39 is 18.0 Å². The molecular weight excluding hydrogens is 686 g/mol. The molecule has 0 aliphatic carbocycles. The smallest absolute Gasteiger partial charge is 0.419 e. The molecule has 6 aromatic rings. The highest BCUT2D eigenvalue weighted by molar-refractivity contribution is 5.92. The molecule has 2 atom stereocenters. The lowest BCUT2D eigenvalue weighted by molar-refractivity contribution is -0.0289. The van der Waals surface area contributed by atoms with Gasteiger partial charge in [-0.2, -0.15) is 0 Å². The summed E-state index contributed by atoms with van der Waals surface area (Å²) < 4.78 is 13.2. The topological polar surface area (TPSA) is 162 Å². The van der Waals surface area contributed by atoms with Gasteiger partial charge in [0.1, 0.15) is 11.9 Å². The molecule has 2 aromatic heterocycles. The summed E-state index contributed by atoms with van der Waals surface area (Å²) in [5.41, 5.74) is 6.20. The summed E-state index contributed by atoms with van der Waals surface area (Å²) in [4.78, 5) is 42.9. The van der Waals surface area contributed by atoms with E-state index in [1.807, 2.05) is 54.6 Å². The molecule has 12 heteroatoms. The number of fused-ring (bicyclic) bond motifs is 5. The number of H-pyrrole nitrogens is 1. The number of rotatable bonds is 12. The molecule has 5 N–H and O–H groups in total. The number of phenols is 1. The molecule has 0 spiro atoms.